The standard InChI is InChI=1S/C30H40N4O4/c1-3-37-29(36)28(22-13-9-10-14-22)34-21-23-15-12-18-25(27(23)32-30(34)31)38-20-11-5-8-19-26(35)33(2)24-16-6-4-7-17-24/h4,6-7,12,15-18,22,28H,3,5,8-11,13-14,19-21H2,1-2H3,(H2,31,32). The van der Waals surface area contributed by atoms with Crippen LogP contribution in [0.4, 0.5) is 11.4 Å². The number of amides is 1. The molecule has 1 aliphatic carbocycles. The van der Waals surface area contributed by atoms with E-state index in [0.717, 1.165) is 61.9 Å². The Morgan fingerprint density at radius 2 is 1.84 bits per heavy atom. The van der Waals surface area contributed by atoms with Crippen molar-refractivity contribution < 1.29 is 19.1 Å². The smallest absolute Gasteiger partial charge is 0.329 e. The third-order valence-corrected chi connectivity index (χ3v) is 7.46. The van der Waals surface area contributed by atoms with Gasteiger partial charge in [0.1, 0.15) is 17.5 Å². The van der Waals surface area contributed by atoms with Crippen molar-refractivity contribution in [3.8, 4) is 5.75 Å². The van der Waals surface area contributed by atoms with Crippen molar-refractivity contribution in [3.63, 3.8) is 0 Å². The summed E-state index contributed by atoms with van der Waals surface area (Å²) in [6, 6.07) is 15.1. The highest BCUT2D eigenvalue weighted by Crippen LogP contribution is 2.38. The van der Waals surface area contributed by atoms with Gasteiger partial charge in [0.25, 0.3) is 0 Å². The fraction of sp³-hybridized carbons (Fsp3) is 0.500. The number of guanidine groups is 1. The molecule has 1 saturated carbocycles. The average molecular weight is 521 g/mol. The monoisotopic (exact) mass is 520 g/mol. The van der Waals surface area contributed by atoms with Crippen molar-refractivity contribution in [2.24, 2.45) is 16.6 Å². The first-order chi connectivity index (χ1) is 18.5. The number of benzene rings is 2. The number of fused-ring (bicyclic) bond motifs is 1. The summed E-state index contributed by atoms with van der Waals surface area (Å²) < 4.78 is 11.5. The van der Waals surface area contributed by atoms with E-state index in [1.54, 1.807) is 4.90 Å². The number of carbonyl (C=O) groups is 2. The number of unbranched alkanes of at least 4 members (excludes halogenated alkanes) is 2. The number of hydrogen-bond donors (Lipinski definition) is 1. The van der Waals surface area contributed by atoms with E-state index in [2.05, 4.69) is 4.99 Å². The van der Waals surface area contributed by atoms with Crippen LogP contribution in [-0.2, 0) is 20.9 Å². The van der Waals surface area contributed by atoms with Gasteiger partial charge >= 0.3 is 5.97 Å². The molecule has 2 aliphatic rings. The first-order valence-corrected chi connectivity index (χ1v) is 13.8. The summed E-state index contributed by atoms with van der Waals surface area (Å²) in [4.78, 5) is 33.7. The van der Waals surface area contributed by atoms with E-state index in [0.29, 0.717) is 37.9 Å². The Kier molecular flexibility index (Phi) is 9.62. The predicted molar refractivity (Wildman–Crippen MR) is 149 cm³/mol. The molecule has 8 nitrogen and oxygen atoms in total. The SMILES string of the molecule is CCOC(=O)C(C1CCCC1)N1Cc2cccc(OCCCCCC(=O)N(C)c3ccccc3)c2N=C1N. The number of carbonyl (C=O) groups excluding carboxylic acids is 2. The molecule has 38 heavy (non-hydrogen) atoms. The molecule has 0 aromatic heterocycles. The lowest BCUT2D eigenvalue weighted by atomic mass is 9.95. The predicted octanol–water partition coefficient (Wildman–Crippen LogP) is 5.17. The summed E-state index contributed by atoms with van der Waals surface area (Å²) in [5.74, 6) is 1.14. The number of rotatable bonds is 12. The molecule has 1 aliphatic heterocycles. The van der Waals surface area contributed by atoms with Crippen LogP contribution in [0.3, 0.4) is 0 Å². The maximum atomic E-state index is 12.9. The molecule has 4 rings (SSSR count). The normalized spacial score (nSPS) is 15.9. The van der Waals surface area contributed by atoms with Crippen LogP contribution in [-0.4, -0.2) is 49.0 Å². The van der Waals surface area contributed by atoms with Crippen LogP contribution in [0.1, 0.15) is 63.9 Å². The van der Waals surface area contributed by atoms with Crippen LogP contribution in [0.5, 0.6) is 5.75 Å². The number of aliphatic imine (C=N–C) groups is 1. The molecule has 0 radical (unpaired) electrons. The molecule has 2 aromatic carbocycles. The fourth-order valence-corrected chi connectivity index (χ4v) is 5.40. The van der Waals surface area contributed by atoms with E-state index >= 15 is 0 Å². The summed E-state index contributed by atoms with van der Waals surface area (Å²) in [6.45, 7) is 3.21. The van der Waals surface area contributed by atoms with Gasteiger partial charge in [-0.15, -0.1) is 0 Å². The second kappa shape index (κ2) is 13.3. The number of esters is 1. The zero-order chi connectivity index (χ0) is 26.9. The van der Waals surface area contributed by atoms with Crippen LogP contribution < -0.4 is 15.4 Å². The van der Waals surface area contributed by atoms with Gasteiger partial charge in [-0.25, -0.2) is 9.79 Å². The Balaban J connectivity index is 1.30. The number of para-hydroxylation sites is 2. The van der Waals surface area contributed by atoms with Crippen molar-refractivity contribution >= 4 is 29.2 Å². The van der Waals surface area contributed by atoms with Gasteiger partial charge in [0, 0.05) is 31.3 Å². The Morgan fingerprint density at radius 3 is 2.58 bits per heavy atom. The Bertz CT molecular complexity index is 1110. The average Bonchev–Trinajstić information content (AvgIpc) is 3.46. The van der Waals surface area contributed by atoms with E-state index in [-0.39, 0.29) is 17.8 Å². The first-order valence-electron chi connectivity index (χ1n) is 13.8. The minimum absolute atomic E-state index is 0.113. The molecule has 0 saturated heterocycles. The van der Waals surface area contributed by atoms with E-state index in [1.807, 2.05) is 67.4 Å². The van der Waals surface area contributed by atoms with Gasteiger partial charge in [-0.1, -0.05) is 43.2 Å². The van der Waals surface area contributed by atoms with Crippen molar-refractivity contribution in [2.45, 2.75) is 70.9 Å². The highest BCUT2D eigenvalue weighted by Gasteiger charge is 2.39. The Labute approximate surface area is 225 Å². The van der Waals surface area contributed by atoms with Gasteiger partial charge in [0.2, 0.25) is 5.91 Å². The largest absolute Gasteiger partial charge is 0.491 e. The molecule has 1 fully saturated rings. The molecule has 1 unspecified atom stereocenters. The van der Waals surface area contributed by atoms with Crippen LogP contribution in [0.2, 0.25) is 0 Å². The maximum Gasteiger partial charge on any atom is 0.329 e. The highest BCUT2D eigenvalue weighted by atomic mass is 16.5. The molecule has 1 atom stereocenters. The summed E-state index contributed by atoms with van der Waals surface area (Å²) in [6.07, 6.45) is 7.29. The number of hydrogen-bond acceptors (Lipinski definition) is 7. The number of ether oxygens (including phenoxy) is 2. The number of nitrogens with zero attached hydrogens (tertiary/aromatic N) is 3. The zero-order valence-corrected chi connectivity index (χ0v) is 22.6. The molecule has 1 amide bonds. The molecule has 0 spiro atoms. The van der Waals surface area contributed by atoms with Crippen molar-refractivity contribution in [1.82, 2.24) is 4.90 Å². The first kappa shape index (κ1) is 27.5. The Hall–Kier alpha value is -3.55. The van der Waals surface area contributed by atoms with Crippen LogP contribution in [0, 0.1) is 5.92 Å². The van der Waals surface area contributed by atoms with Gasteiger partial charge in [-0.3, -0.25) is 4.79 Å². The maximum absolute atomic E-state index is 12.9. The molecule has 2 aromatic rings. The second-order valence-corrected chi connectivity index (χ2v) is 10.1. The van der Waals surface area contributed by atoms with Crippen LogP contribution >= 0.6 is 0 Å². The van der Waals surface area contributed by atoms with Crippen LogP contribution in [0.25, 0.3) is 0 Å². The van der Waals surface area contributed by atoms with Crippen LogP contribution in [0.15, 0.2) is 53.5 Å². The lowest BCUT2D eigenvalue weighted by molar-refractivity contribution is -0.150. The molecule has 2 N–H and O–H groups in total. The van der Waals surface area contributed by atoms with E-state index in [9.17, 15) is 9.59 Å². The summed E-state index contributed by atoms with van der Waals surface area (Å²) >= 11 is 0. The van der Waals surface area contributed by atoms with Crippen molar-refractivity contribution in [3.05, 3.63) is 54.1 Å². The lowest BCUT2D eigenvalue weighted by Crippen LogP contribution is -2.52. The molecular weight excluding hydrogens is 480 g/mol. The lowest BCUT2D eigenvalue weighted by Gasteiger charge is -2.37. The van der Waals surface area contributed by atoms with E-state index in [4.69, 9.17) is 15.2 Å². The highest BCUT2D eigenvalue weighted by molar-refractivity contribution is 5.92. The minimum Gasteiger partial charge on any atom is -0.491 e. The topological polar surface area (TPSA) is 97.5 Å². The zero-order valence-electron chi connectivity index (χ0n) is 22.6. The number of nitrogens with two attached hydrogens (primary N) is 1. The van der Waals surface area contributed by atoms with Crippen molar-refractivity contribution in [1.29, 1.82) is 0 Å². The third kappa shape index (κ3) is 6.65. The van der Waals surface area contributed by atoms with Crippen molar-refractivity contribution in [2.75, 3.05) is 25.2 Å². The fourth-order valence-electron chi connectivity index (χ4n) is 5.40. The van der Waals surface area contributed by atoms with E-state index in [1.165, 1.54) is 0 Å². The van der Waals surface area contributed by atoms with E-state index < -0.39 is 6.04 Å². The van der Waals surface area contributed by atoms with Gasteiger partial charge in [0.15, 0.2) is 5.96 Å². The molecule has 204 valence electrons. The van der Waals surface area contributed by atoms with Gasteiger partial charge < -0.3 is 25.0 Å². The third-order valence-electron chi connectivity index (χ3n) is 7.46. The quantitative estimate of drug-likeness (QED) is 0.306. The van der Waals surface area contributed by atoms with Gasteiger partial charge in [-0.2, -0.15) is 0 Å². The van der Waals surface area contributed by atoms with Gasteiger partial charge in [-0.05, 0) is 63.1 Å². The molecular formula is C30H40N4O4. The second-order valence-electron chi connectivity index (χ2n) is 10.1. The molecule has 0 bridgehead atoms. The summed E-state index contributed by atoms with van der Waals surface area (Å²) in [7, 11) is 1.81. The Morgan fingerprint density at radius 1 is 1.08 bits per heavy atom. The molecule has 1 heterocycles. The minimum atomic E-state index is -0.414. The summed E-state index contributed by atoms with van der Waals surface area (Å²) in [5.41, 5.74) is 9.05. The number of anilines is 1. The summed E-state index contributed by atoms with van der Waals surface area (Å²) in [5, 5.41) is 0. The van der Waals surface area contributed by atoms with Gasteiger partial charge in [0.05, 0.1) is 13.2 Å². The molecule has 8 heteroatoms.